The first-order chi connectivity index (χ1) is 12.1. The largest absolute Gasteiger partial charge is 0.348 e. The van der Waals surface area contributed by atoms with Crippen molar-refractivity contribution >= 4 is 17.5 Å². The van der Waals surface area contributed by atoms with Crippen molar-refractivity contribution in [3.8, 4) is 11.4 Å². The zero-order valence-electron chi connectivity index (χ0n) is 14.0. The highest BCUT2D eigenvalue weighted by molar-refractivity contribution is 6.31. The molecule has 0 aliphatic heterocycles. The number of amides is 1. The summed E-state index contributed by atoms with van der Waals surface area (Å²) >= 11 is 6.12. The number of aromatic nitrogens is 4. The maximum Gasteiger partial charge on any atom is 0.251 e. The summed E-state index contributed by atoms with van der Waals surface area (Å²) < 4.78 is 1.72. The second kappa shape index (κ2) is 7.44. The lowest BCUT2D eigenvalue weighted by atomic mass is 10.1. The van der Waals surface area contributed by atoms with Crippen LogP contribution in [0, 0.1) is 0 Å². The molecule has 2 aromatic carbocycles. The van der Waals surface area contributed by atoms with Crippen LogP contribution in [0.1, 0.15) is 35.8 Å². The molecular formula is C18H18ClN5O. The molecule has 0 unspecified atom stereocenters. The zero-order chi connectivity index (χ0) is 17.8. The fourth-order valence-corrected chi connectivity index (χ4v) is 2.65. The number of hydrogen-bond acceptors (Lipinski definition) is 4. The highest BCUT2D eigenvalue weighted by atomic mass is 35.5. The predicted octanol–water partition coefficient (Wildman–Crippen LogP) is 3.50. The minimum absolute atomic E-state index is 0.128. The van der Waals surface area contributed by atoms with Crippen LogP contribution >= 0.6 is 11.6 Å². The monoisotopic (exact) mass is 355 g/mol. The van der Waals surface area contributed by atoms with Crippen molar-refractivity contribution in [2.24, 2.45) is 0 Å². The van der Waals surface area contributed by atoms with Gasteiger partial charge in [0.2, 0.25) is 0 Å². The lowest BCUT2D eigenvalue weighted by Gasteiger charge is -2.10. The molecule has 25 heavy (non-hydrogen) atoms. The first-order valence-corrected chi connectivity index (χ1v) is 8.34. The number of rotatable bonds is 5. The number of halogens is 1. The first kappa shape index (κ1) is 17.1. The molecule has 0 bridgehead atoms. The summed E-state index contributed by atoms with van der Waals surface area (Å²) in [5, 5.41) is 15.3. The molecule has 0 atom stereocenters. The maximum atomic E-state index is 12.5. The van der Waals surface area contributed by atoms with Gasteiger partial charge < -0.3 is 5.32 Å². The number of benzene rings is 2. The Labute approximate surface area is 150 Å². The van der Waals surface area contributed by atoms with Gasteiger partial charge >= 0.3 is 0 Å². The van der Waals surface area contributed by atoms with E-state index in [9.17, 15) is 4.79 Å². The van der Waals surface area contributed by atoms with Gasteiger partial charge in [0, 0.05) is 22.7 Å². The van der Waals surface area contributed by atoms with Crippen molar-refractivity contribution in [2.45, 2.75) is 26.4 Å². The zero-order valence-corrected chi connectivity index (χ0v) is 14.7. The second-order valence-electron chi connectivity index (χ2n) is 5.90. The van der Waals surface area contributed by atoms with Crippen molar-refractivity contribution in [1.29, 1.82) is 0 Å². The topological polar surface area (TPSA) is 72.7 Å². The van der Waals surface area contributed by atoms with Gasteiger partial charge in [0.05, 0.1) is 6.04 Å². The Balaban J connectivity index is 1.78. The van der Waals surface area contributed by atoms with Gasteiger partial charge in [0.15, 0.2) is 5.82 Å². The van der Waals surface area contributed by atoms with Gasteiger partial charge in [-0.1, -0.05) is 41.9 Å². The van der Waals surface area contributed by atoms with E-state index < -0.39 is 0 Å². The van der Waals surface area contributed by atoms with Crippen molar-refractivity contribution in [2.75, 3.05) is 0 Å². The standard InChI is InChI=1S/C18H18ClN5O/c1-12(2)24-17(21-22-23-24)13-7-5-8-14(10-13)18(25)20-11-15-6-3-4-9-16(15)19/h3-10,12H,11H2,1-2H3,(H,20,25). The molecule has 0 fully saturated rings. The number of tetrazole rings is 1. The van der Waals surface area contributed by atoms with Crippen LogP contribution in [0.5, 0.6) is 0 Å². The molecule has 6 nitrogen and oxygen atoms in total. The molecule has 1 heterocycles. The van der Waals surface area contributed by atoms with E-state index >= 15 is 0 Å². The van der Waals surface area contributed by atoms with Crippen molar-refractivity contribution in [3.63, 3.8) is 0 Å². The lowest BCUT2D eigenvalue weighted by Crippen LogP contribution is -2.23. The Morgan fingerprint density at radius 1 is 1.20 bits per heavy atom. The molecule has 1 aromatic heterocycles. The average molecular weight is 356 g/mol. The summed E-state index contributed by atoms with van der Waals surface area (Å²) in [5.41, 5.74) is 2.21. The van der Waals surface area contributed by atoms with Gasteiger partial charge in [-0.3, -0.25) is 4.79 Å². The SMILES string of the molecule is CC(C)n1nnnc1-c1cccc(C(=O)NCc2ccccc2Cl)c1. The second-order valence-corrected chi connectivity index (χ2v) is 6.30. The van der Waals surface area contributed by atoms with E-state index in [0.29, 0.717) is 23.0 Å². The first-order valence-electron chi connectivity index (χ1n) is 7.96. The van der Waals surface area contributed by atoms with Gasteiger partial charge in [-0.2, -0.15) is 0 Å². The summed E-state index contributed by atoms with van der Waals surface area (Å²) in [7, 11) is 0. The molecule has 0 radical (unpaired) electrons. The molecule has 0 spiro atoms. The average Bonchev–Trinajstić information content (AvgIpc) is 3.11. The molecule has 3 rings (SSSR count). The summed E-state index contributed by atoms with van der Waals surface area (Å²) in [5.74, 6) is 0.459. The van der Waals surface area contributed by atoms with Crippen LogP contribution < -0.4 is 5.32 Å². The molecule has 1 N–H and O–H groups in total. The Hall–Kier alpha value is -2.73. The van der Waals surface area contributed by atoms with Crippen molar-refractivity contribution in [3.05, 3.63) is 64.7 Å². The van der Waals surface area contributed by atoms with E-state index in [4.69, 9.17) is 11.6 Å². The smallest absolute Gasteiger partial charge is 0.251 e. The fraction of sp³-hybridized carbons (Fsp3) is 0.222. The number of nitrogens with one attached hydrogen (secondary N) is 1. The quantitative estimate of drug-likeness (QED) is 0.760. The van der Waals surface area contributed by atoms with Crippen LogP contribution in [-0.2, 0) is 6.54 Å². The minimum Gasteiger partial charge on any atom is -0.348 e. The molecule has 7 heteroatoms. The molecule has 0 aliphatic carbocycles. The van der Waals surface area contributed by atoms with Gasteiger partial charge in [-0.15, -0.1) is 5.10 Å². The minimum atomic E-state index is -0.176. The predicted molar refractivity (Wildman–Crippen MR) is 96.3 cm³/mol. The van der Waals surface area contributed by atoms with E-state index in [1.54, 1.807) is 22.9 Å². The normalized spacial score (nSPS) is 10.9. The van der Waals surface area contributed by atoms with Crippen LogP contribution in [-0.4, -0.2) is 26.1 Å². The Bertz CT molecular complexity index is 890. The molecule has 0 saturated heterocycles. The summed E-state index contributed by atoms with van der Waals surface area (Å²) in [4.78, 5) is 12.5. The summed E-state index contributed by atoms with van der Waals surface area (Å²) in [6, 6.07) is 14.8. The van der Waals surface area contributed by atoms with Gasteiger partial charge in [-0.05, 0) is 48.0 Å². The highest BCUT2D eigenvalue weighted by Gasteiger charge is 2.14. The molecule has 0 aliphatic rings. The Kier molecular flexibility index (Phi) is 5.09. The molecular weight excluding hydrogens is 338 g/mol. The highest BCUT2D eigenvalue weighted by Crippen LogP contribution is 2.20. The van der Waals surface area contributed by atoms with Crippen LogP contribution in [0.4, 0.5) is 0 Å². The van der Waals surface area contributed by atoms with Gasteiger partial charge in [-0.25, -0.2) is 4.68 Å². The van der Waals surface area contributed by atoms with Crippen molar-refractivity contribution in [1.82, 2.24) is 25.5 Å². The third-order valence-corrected chi connectivity index (χ3v) is 4.13. The third kappa shape index (κ3) is 3.85. The van der Waals surface area contributed by atoms with Crippen LogP contribution in [0.2, 0.25) is 5.02 Å². The molecule has 128 valence electrons. The van der Waals surface area contributed by atoms with Crippen LogP contribution in [0.25, 0.3) is 11.4 Å². The van der Waals surface area contributed by atoms with Crippen LogP contribution in [0.15, 0.2) is 48.5 Å². The number of nitrogens with zero attached hydrogens (tertiary/aromatic N) is 4. The number of hydrogen-bond donors (Lipinski definition) is 1. The number of carbonyl (C=O) groups excluding carboxylic acids is 1. The Morgan fingerprint density at radius 2 is 2.00 bits per heavy atom. The Morgan fingerprint density at radius 3 is 2.76 bits per heavy atom. The lowest BCUT2D eigenvalue weighted by molar-refractivity contribution is 0.0951. The van der Waals surface area contributed by atoms with Crippen LogP contribution in [0.3, 0.4) is 0 Å². The summed E-state index contributed by atoms with van der Waals surface area (Å²) in [6.07, 6.45) is 0. The van der Waals surface area contributed by atoms with Gasteiger partial charge in [0.1, 0.15) is 0 Å². The van der Waals surface area contributed by atoms with E-state index in [0.717, 1.165) is 11.1 Å². The number of carbonyl (C=O) groups is 1. The molecule has 1 amide bonds. The van der Waals surface area contributed by atoms with E-state index in [1.807, 2.05) is 44.2 Å². The van der Waals surface area contributed by atoms with E-state index in [-0.39, 0.29) is 11.9 Å². The van der Waals surface area contributed by atoms with E-state index in [2.05, 4.69) is 20.8 Å². The summed E-state index contributed by atoms with van der Waals surface area (Å²) in [6.45, 7) is 4.37. The fourth-order valence-electron chi connectivity index (χ4n) is 2.45. The maximum absolute atomic E-state index is 12.5. The third-order valence-electron chi connectivity index (χ3n) is 3.76. The van der Waals surface area contributed by atoms with Gasteiger partial charge in [0.25, 0.3) is 5.91 Å². The molecule has 0 saturated carbocycles. The molecule has 3 aromatic rings. The van der Waals surface area contributed by atoms with Crippen molar-refractivity contribution < 1.29 is 4.79 Å². The van der Waals surface area contributed by atoms with E-state index in [1.165, 1.54) is 0 Å².